The molecule has 2 aromatic rings. The molecule has 0 atom stereocenters. The molecule has 0 aliphatic rings. The molecule has 0 aliphatic heterocycles. The van der Waals surface area contributed by atoms with Crippen molar-refractivity contribution < 1.29 is 9.72 Å². The van der Waals surface area contributed by atoms with Crippen molar-refractivity contribution in [3.05, 3.63) is 76.6 Å². The van der Waals surface area contributed by atoms with Crippen LogP contribution in [0.3, 0.4) is 0 Å². The highest BCUT2D eigenvalue weighted by Gasteiger charge is 2.18. The van der Waals surface area contributed by atoms with Crippen molar-refractivity contribution in [1.29, 1.82) is 0 Å². The Kier molecular flexibility index (Phi) is 4.63. The first-order valence-corrected chi connectivity index (χ1v) is 6.70. The first kappa shape index (κ1) is 15.4. The molecule has 0 saturated carbocycles. The summed E-state index contributed by atoms with van der Waals surface area (Å²) in [5.41, 5.74) is 1.69. The van der Waals surface area contributed by atoms with Gasteiger partial charge in [0, 0.05) is 47.9 Å². The van der Waals surface area contributed by atoms with Crippen LogP contribution in [0.15, 0.2) is 55.4 Å². The van der Waals surface area contributed by atoms with E-state index in [1.807, 2.05) is 6.92 Å². The quantitative estimate of drug-likeness (QED) is 0.627. The van der Waals surface area contributed by atoms with Crippen molar-refractivity contribution in [2.75, 3.05) is 6.54 Å². The van der Waals surface area contributed by atoms with Gasteiger partial charge in [0.25, 0.3) is 11.6 Å². The van der Waals surface area contributed by atoms with Gasteiger partial charge in [-0.25, -0.2) is 0 Å². The number of carbonyl (C=O) groups excluding carboxylic acids is 1. The first-order valence-electron chi connectivity index (χ1n) is 6.70. The number of benzene rings is 1. The summed E-state index contributed by atoms with van der Waals surface area (Å²) in [5, 5.41) is 10.7. The van der Waals surface area contributed by atoms with E-state index in [0.717, 1.165) is 5.56 Å². The van der Waals surface area contributed by atoms with Crippen LogP contribution < -0.4 is 0 Å². The molecule has 1 amide bonds. The van der Waals surface area contributed by atoms with E-state index in [-0.39, 0.29) is 11.6 Å². The van der Waals surface area contributed by atoms with Crippen LogP contribution in [0.4, 0.5) is 5.69 Å². The van der Waals surface area contributed by atoms with Crippen molar-refractivity contribution in [3.8, 4) is 0 Å². The molecule has 1 heterocycles. The Balaban J connectivity index is 2.25. The van der Waals surface area contributed by atoms with E-state index in [4.69, 9.17) is 0 Å². The molecule has 112 valence electrons. The molecule has 0 unspecified atom stereocenters. The van der Waals surface area contributed by atoms with Gasteiger partial charge in [0.1, 0.15) is 0 Å². The summed E-state index contributed by atoms with van der Waals surface area (Å²) in [6.45, 7) is 6.24. The Morgan fingerprint density at radius 1 is 1.18 bits per heavy atom. The SMILES string of the molecule is C=C(c1ccncc1)N(CC)C(=O)c1ccc([N+](=O)[O-])cc1. The summed E-state index contributed by atoms with van der Waals surface area (Å²) in [4.78, 5) is 28.2. The van der Waals surface area contributed by atoms with Gasteiger partial charge in [0.2, 0.25) is 0 Å². The number of hydrogen-bond acceptors (Lipinski definition) is 4. The van der Waals surface area contributed by atoms with Crippen molar-refractivity contribution in [2.45, 2.75) is 6.92 Å². The third-order valence-corrected chi connectivity index (χ3v) is 3.23. The second kappa shape index (κ2) is 6.62. The second-order valence-electron chi connectivity index (χ2n) is 4.54. The van der Waals surface area contributed by atoms with Crippen molar-refractivity contribution in [2.24, 2.45) is 0 Å². The van der Waals surface area contributed by atoms with Crippen molar-refractivity contribution in [3.63, 3.8) is 0 Å². The van der Waals surface area contributed by atoms with Gasteiger partial charge in [-0.05, 0) is 31.2 Å². The minimum atomic E-state index is -0.498. The third kappa shape index (κ3) is 3.17. The van der Waals surface area contributed by atoms with Gasteiger partial charge in [-0.15, -0.1) is 0 Å². The van der Waals surface area contributed by atoms with Gasteiger partial charge in [-0.1, -0.05) is 6.58 Å². The molecule has 2 rings (SSSR count). The molecule has 0 bridgehead atoms. The van der Waals surface area contributed by atoms with E-state index in [0.29, 0.717) is 17.8 Å². The molecular weight excluding hydrogens is 282 g/mol. The fourth-order valence-corrected chi connectivity index (χ4v) is 2.04. The van der Waals surface area contributed by atoms with Crippen LogP contribution in [0, 0.1) is 10.1 Å². The van der Waals surface area contributed by atoms with E-state index in [2.05, 4.69) is 11.6 Å². The molecule has 1 aromatic carbocycles. The fraction of sp³-hybridized carbons (Fsp3) is 0.125. The molecule has 0 radical (unpaired) electrons. The van der Waals surface area contributed by atoms with E-state index in [1.165, 1.54) is 29.2 Å². The predicted octanol–water partition coefficient (Wildman–Crippen LogP) is 3.12. The highest BCUT2D eigenvalue weighted by molar-refractivity contribution is 5.99. The van der Waals surface area contributed by atoms with Gasteiger partial charge >= 0.3 is 0 Å². The predicted molar refractivity (Wildman–Crippen MR) is 83.1 cm³/mol. The number of rotatable bonds is 5. The van der Waals surface area contributed by atoms with E-state index >= 15 is 0 Å². The van der Waals surface area contributed by atoms with Gasteiger partial charge in [-0.2, -0.15) is 0 Å². The third-order valence-electron chi connectivity index (χ3n) is 3.23. The average molecular weight is 297 g/mol. The maximum atomic E-state index is 12.6. The maximum absolute atomic E-state index is 12.6. The van der Waals surface area contributed by atoms with E-state index in [1.54, 1.807) is 24.5 Å². The molecule has 6 nitrogen and oxygen atoms in total. The van der Waals surface area contributed by atoms with Gasteiger partial charge in [0.15, 0.2) is 0 Å². The van der Waals surface area contributed by atoms with Gasteiger partial charge in [0.05, 0.1) is 4.92 Å². The van der Waals surface area contributed by atoms with E-state index < -0.39 is 4.92 Å². The number of hydrogen-bond donors (Lipinski definition) is 0. The number of nitro benzene ring substituents is 1. The lowest BCUT2D eigenvalue weighted by Gasteiger charge is -2.23. The molecule has 1 aromatic heterocycles. The Morgan fingerprint density at radius 2 is 1.77 bits per heavy atom. The van der Waals surface area contributed by atoms with Crippen molar-refractivity contribution in [1.82, 2.24) is 9.88 Å². The zero-order valence-corrected chi connectivity index (χ0v) is 12.1. The van der Waals surface area contributed by atoms with Crippen LogP contribution in [0.5, 0.6) is 0 Å². The highest BCUT2D eigenvalue weighted by Crippen LogP contribution is 2.20. The topological polar surface area (TPSA) is 76.3 Å². The Labute approximate surface area is 127 Å². The van der Waals surface area contributed by atoms with Crippen LogP contribution in [0.1, 0.15) is 22.8 Å². The summed E-state index contributed by atoms with van der Waals surface area (Å²) in [6, 6.07) is 9.07. The molecule has 0 spiro atoms. The lowest BCUT2D eigenvalue weighted by Crippen LogP contribution is -2.29. The lowest BCUT2D eigenvalue weighted by molar-refractivity contribution is -0.384. The number of carbonyl (C=O) groups is 1. The Morgan fingerprint density at radius 3 is 2.27 bits per heavy atom. The number of nitro groups is 1. The van der Waals surface area contributed by atoms with E-state index in [9.17, 15) is 14.9 Å². The zero-order chi connectivity index (χ0) is 16.1. The monoisotopic (exact) mass is 297 g/mol. The van der Waals surface area contributed by atoms with Crippen LogP contribution >= 0.6 is 0 Å². The number of pyridine rings is 1. The molecule has 0 saturated heterocycles. The van der Waals surface area contributed by atoms with Gasteiger partial charge < -0.3 is 4.90 Å². The normalized spacial score (nSPS) is 10.0. The minimum absolute atomic E-state index is 0.0486. The van der Waals surface area contributed by atoms with Crippen molar-refractivity contribution >= 4 is 17.3 Å². The summed E-state index contributed by atoms with van der Waals surface area (Å²) in [7, 11) is 0. The summed E-state index contributed by atoms with van der Waals surface area (Å²) in [5.74, 6) is -0.251. The number of nitrogens with zero attached hydrogens (tertiary/aromatic N) is 3. The number of aromatic nitrogens is 1. The standard InChI is InChI=1S/C16H15N3O3/c1-3-18(12(2)13-8-10-17-11-9-13)16(20)14-4-6-15(7-5-14)19(21)22/h4-11H,2-3H2,1H3. The minimum Gasteiger partial charge on any atom is -0.309 e. The summed E-state index contributed by atoms with van der Waals surface area (Å²) >= 11 is 0. The molecule has 0 fully saturated rings. The molecule has 0 aliphatic carbocycles. The summed E-state index contributed by atoms with van der Waals surface area (Å²) < 4.78 is 0. The average Bonchev–Trinajstić information content (AvgIpc) is 2.56. The first-order chi connectivity index (χ1) is 10.5. The fourth-order valence-electron chi connectivity index (χ4n) is 2.04. The second-order valence-corrected chi connectivity index (χ2v) is 4.54. The van der Waals surface area contributed by atoms with Crippen LogP contribution in [-0.2, 0) is 0 Å². The molecule has 22 heavy (non-hydrogen) atoms. The Hall–Kier alpha value is -3.02. The van der Waals surface area contributed by atoms with Crippen LogP contribution in [-0.4, -0.2) is 27.3 Å². The lowest BCUT2D eigenvalue weighted by atomic mass is 10.1. The van der Waals surface area contributed by atoms with Crippen LogP contribution in [0.2, 0.25) is 0 Å². The van der Waals surface area contributed by atoms with Gasteiger partial charge in [-0.3, -0.25) is 19.9 Å². The summed E-state index contributed by atoms with van der Waals surface area (Å²) in [6.07, 6.45) is 3.26. The molecule has 0 N–H and O–H groups in total. The molecule has 6 heteroatoms. The largest absolute Gasteiger partial charge is 0.309 e. The smallest absolute Gasteiger partial charge is 0.269 e. The molecular formula is C16H15N3O3. The number of amides is 1. The number of non-ortho nitro benzene ring substituents is 1. The zero-order valence-electron chi connectivity index (χ0n) is 12.1. The van der Waals surface area contributed by atoms with Crippen LogP contribution in [0.25, 0.3) is 5.70 Å². The highest BCUT2D eigenvalue weighted by atomic mass is 16.6. The maximum Gasteiger partial charge on any atom is 0.269 e. The Bertz CT molecular complexity index is 696.